The summed E-state index contributed by atoms with van der Waals surface area (Å²) < 4.78 is 4.81. The molecule has 19 heavy (non-hydrogen) atoms. The number of carbonyl (C=O) groups excluding carboxylic acids is 2. The Labute approximate surface area is 111 Å². The summed E-state index contributed by atoms with van der Waals surface area (Å²) in [6.45, 7) is 3.73. The van der Waals surface area contributed by atoms with Crippen molar-refractivity contribution in [3.63, 3.8) is 0 Å². The Morgan fingerprint density at radius 3 is 2.58 bits per heavy atom. The molecule has 3 N–H and O–H groups in total. The van der Waals surface area contributed by atoms with Gasteiger partial charge in [-0.2, -0.15) is 0 Å². The van der Waals surface area contributed by atoms with Gasteiger partial charge in [0.2, 0.25) is 5.91 Å². The van der Waals surface area contributed by atoms with E-state index < -0.39 is 17.9 Å². The Morgan fingerprint density at radius 2 is 2.05 bits per heavy atom. The SMILES string of the molecule is C=CCNC(=O)NC(=O)CN(CCOC)CC(=O)O. The molecular formula is C11H19N3O5. The van der Waals surface area contributed by atoms with Crippen LogP contribution in [0.3, 0.4) is 0 Å². The maximum absolute atomic E-state index is 11.5. The van der Waals surface area contributed by atoms with Crippen molar-refractivity contribution in [2.24, 2.45) is 0 Å². The first-order valence-electron chi connectivity index (χ1n) is 5.61. The zero-order valence-corrected chi connectivity index (χ0v) is 10.8. The molecule has 108 valence electrons. The van der Waals surface area contributed by atoms with E-state index in [0.717, 1.165) is 0 Å². The van der Waals surface area contributed by atoms with Crippen molar-refractivity contribution in [3.05, 3.63) is 12.7 Å². The summed E-state index contributed by atoms with van der Waals surface area (Å²) in [6.07, 6.45) is 1.47. The van der Waals surface area contributed by atoms with Crippen molar-refractivity contribution >= 4 is 17.9 Å². The van der Waals surface area contributed by atoms with E-state index in [-0.39, 0.29) is 26.2 Å². The molecule has 0 saturated carbocycles. The topological polar surface area (TPSA) is 108 Å². The molecule has 0 saturated heterocycles. The van der Waals surface area contributed by atoms with Crippen LogP contribution in [0.25, 0.3) is 0 Å². The number of hydrogen-bond acceptors (Lipinski definition) is 5. The van der Waals surface area contributed by atoms with Gasteiger partial charge in [0, 0.05) is 20.2 Å². The molecule has 0 aliphatic heterocycles. The van der Waals surface area contributed by atoms with Crippen LogP contribution < -0.4 is 10.6 Å². The number of methoxy groups -OCH3 is 1. The molecule has 8 heteroatoms. The van der Waals surface area contributed by atoms with Gasteiger partial charge in [-0.25, -0.2) is 4.79 Å². The van der Waals surface area contributed by atoms with Crippen LogP contribution in [0.5, 0.6) is 0 Å². The summed E-state index contributed by atoms with van der Waals surface area (Å²) in [5.41, 5.74) is 0. The second kappa shape index (κ2) is 10.0. The fourth-order valence-electron chi connectivity index (χ4n) is 1.20. The van der Waals surface area contributed by atoms with Crippen molar-refractivity contribution < 1.29 is 24.2 Å². The van der Waals surface area contributed by atoms with Crippen molar-refractivity contribution in [2.75, 3.05) is 39.9 Å². The van der Waals surface area contributed by atoms with Crippen LogP contribution in [0.2, 0.25) is 0 Å². The Balaban J connectivity index is 4.17. The molecule has 0 unspecified atom stereocenters. The average molecular weight is 273 g/mol. The van der Waals surface area contributed by atoms with Gasteiger partial charge >= 0.3 is 12.0 Å². The van der Waals surface area contributed by atoms with Gasteiger partial charge in [-0.3, -0.25) is 19.8 Å². The van der Waals surface area contributed by atoms with Gasteiger partial charge in [0.05, 0.1) is 19.7 Å². The fourth-order valence-corrected chi connectivity index (χ4v) is 1.20. The van der Waals surface area contributed by atoms with Gasteiger partial charge in [0.25, 0.3) is 0 Å². The number of nitrogens with zero attached hydrogens (tertiary/aromatic N) is 1. The minimum Gasteiger partial charge on any atom is -0.480 e. The summed E-state index contributed by atoms with van der Waals surface area (Å²) in [6, 6.07) is -0.646. The monoisotopic (exact) mass is 273 g/mol. The van der Waals surface area contributed by atoms with Crippen LogP contribution >= 0.6 is 0 Å². The highest BCUT2D eigenvalue weighted by molar-refractivity contribution is 5.95. The minimum atomic E-state index is -1.06. The molecule has 0 fully saturated rings. The number of carboxylic acids is 1. The lowest BCUT2D eigenvalue weighted by Crippen LogP contribution is -2.46. The van der Waals surface area contributed by atoms with E-state index in [1.807, 2.05) is 0 Å². The number of carbonyl (C=O) groups is 3. The second-order valence-corrected chi connectivity index (χ2v) is 3.64. The van der Waals surface area contributed by atoms with Crippen LogP contribution in [0.1, 0.15) is 0 Å². The zero-order chi connectivity index (χ0) is 14.7. The van der Waals surface area contributed by atoms with Crippen molar-refractivity contribution in [1.29, 1.82) is 0 Å². The average Bonchev–Trinajstić information content (AvgIpc) is 2.32. The molecule has 0 spiro atoms. The van der Waals surface area contributed by atoms with Crippen LogP contribution in [0, 0.1) is 0 Å². The summed E-state index contributed by atoms with van der Waals surface area (Å²) >= 11 is 0. The molecule has 0 atom stereocenters. The van der Waals surface area contributed by atoms with Crippen molar-refractivity contribution in [1.82, 2.24) is 15.5 Å². The van der Waals surface area contributed by atoms with E-state index in [2.05, 4.69) is 17.2 Å². The highest BCUT2D eigenvalue weighted by atomic mass is 16.5. The summed E-state index contributed by atoms with van der Waals surface area (Å²) in [4.78, 5) is 34.7. The van der Waals surface area contributed by atoms with Gasteiger partial charge < -0.3 is 15.2 Å². The quantitative estimate of drug-likeness (QED) is 0.467. The second-order valence-electron chi connectivity index (χ2n) is 3.64. The highest BCUT2D eigenvalue weighted by Crippen LogP contribution is 1.89. The number of ether oxygens (including phenoxy) is 1. The highest BCUT2D eigenvalue weighted by Gasteiger charge is 2.15. The standard InChI is InChI=1S/C11H19N3O5/c1-3-4-12-11(18)13-9(15)7-14(5-6-19-2)8-10(16)17/h3H,1,4-8H2,2H3,(H,16,17)(H2,12,13,15,18). The number of imide groups is 1. The Bertz CT molecular complexity index is 332. The maximum Gasteiger partial charge on any atom is 0.321 e. The maximum atomic E-state index is 11.5. The summed E-state index contributed by atoms with van der Waals surface area (Å²) in [7, 11) is 1.47. The van der Waals surface area contributed by atoms with Gasteiger partial charge in [0.1, 0.15) is 0 Å². The number of hydrogen-bond donors (Lipinski definition) is 3. The third-order valence-electron chi connectivity index (χ3n) is 2.00. The predicted molar refractivity (Wildman–Crippen MR) is 67.7 cm³/mol. The van der Waals surface area contributed by atoms with Gasteiger partial charge in [-0.15, -0.1) is 6.58 Å². The van der Waals surface area contributed by atoms with E-state index in [1.165, 1.54) is 18.1 Å². The number of aliphatic carboxylic acids is 1. The largest absolute Gasteiger partial charge is 0.480 e. The van der Waals surface area contributed by atoms with Crippen LogP contribution in [0.15, 0.2) is 12.7 Å². The van der Waals surface area contributed by atoms with E-state index in [0.29, 0.717) is 6.61 Å². The smallest absolute Gasteiger partial charge is 0.321 e. The van der Waals surface area contributed by atoms with E-state index in [4.69, 9.17) is 9.84 Å². The first-order chi connectivity index (χ1) is 8.99. The molecule has 8 nitrogen and oxygen atoms in total. The Kier molecular flexibility index (Phi) is 9.02. The van der Waals surface area contributed by atoms with Crippen molar-refractivity contribution in [3.8, 4) is 0 Å². The molecule has 0 heterocycles. The molecule has 0 aromatic carbocycles. The molecule has 3 amide bonds. The number of nitrogens with one attached hydrogen (secondary N) is 2. The lowest BCUT2D eigenvalue weighted by atomic mass is 10.4. The van der Waals surface area contributed by atoms with Gasteiger partial charge in [0.15, 0.2) is 0 Å². The third-order valence-corrected chi connectivity index (χ3v) is 2.00. The summed E-state index contributed by atoms with van der Waals surface area (Å²) in [5.74, 6) is -1.64. The third kappa shape index (κ3) is 9.74. The molecule has 0 rings (SSSR count). The van der Waals surface area contributed by atoms with Gasteiger partial charge in [-0.05, 0) is 0 Å². The number of amides is 3. The summed E-state index contributed by atoms with van der Waals surface area (Å²) in [5, 5.41) is 13.1. The van der Waals surface area contributed by atoms with Crippen LogP contribution in [-0.4, -0.2) is 67.8 Å². The lowest BCUT2D eigenvalue weighted by molar-refractivity contribution is -0.138. The molecule has 0 aliphatic rings. The first-order valence-corrected chi connectivity index (χ1v) is 5.61. The van der Waals surface area contributed by atoms with Crippen LogP contribution in [0.4, 0.5) is 4.79 Å². The van der Waals surface area contributed by atoms with E-state index in [1.54, 1.807) is 0 Å². The lowest BCUT2D eigenvalue weighted by Gasteiger charge is -2.18. The Morgan fingerprint density at radius 1 is 1.37 bits per heavy atom. The molecule has 0 aromatic heterocycles. The number of carboxylic acid groups (broad SMARTS) is 1. The predicted octanol–water partition coefficient (Wildman–Crippen LogP) is -0.969. The molecule has 0 bridgehead atoms. The fraction of sp³-hybridized carbons (Fsp3) is 0.545. The molecule has 0 aliphatic carbocycles. The number of urea groups is 1. The van der Waals surface area contributed by atoms with Gasteiger partial charge in [-0.1, -0.05) is 6.08 Å². The van der Waals surface area contributed by atoms with Crippen LogP contribution in [-0.2, 0) is 14.3 Å². The Hall–Kier alpha value is -1.93. The molecular weight excluding hydrogens is 254 g/mol. The van der Waals surface area contributed by atoms with Crippen molar-refractivity contribution in [2.45, 2.75) is 0 Å². The number of rotatable bonds is 9. The molecule has 0 radical (unpaired) electrons. The first kappa shape index (κ1) is 17.1. The van der Waals surface area contributed by atoms with E-state index in [9.17, 15) is 14.4 Å². The van der Waals surface area contributed by atoms with E-state index >= 15 is 0 Å². The molecule has 0 aromatic rings. The normalized spacial score (nSPS) is 10.0. The minimum absolute atomic E-state index is 0.197. The zero-order valence-electron chi connectivity index (χ0n) is 10.8.